The Kier molecular flexibility index (Phi) is 74.3. The lowest BCUT2D eigenvalue weighted by Crippen LogP contribution is -2.29. The molecule has 0 radical (unpaired) electrons. The first-order valence-electron chi connectivity index (χ1n) is 39.4. The highest BCUT2D eigenvalue weighted by atomic mass is 31.2. The third-order valence-corrected chi connectivity index (χ3v) is 18.6. The number of ether oxygens (including phenoxy) is 2. The highest BCUT2D eigenvalue weighted by Crippen LogP contribution is 2.43. The Morgan fingerprint density at radius 3 is 0.901 bits per heavy atom. The summed E-state index contributed by atoms with van der Waals surface area (Å²) in [5.41, 5.74) is 5.41. The van der Waals surface area contributed by atoms with Gasteiger partial charge in [0, 0.05) is 19.4 Å². The second kappa shape index (κ2) is 76.5. The van der Waals surface area contributed by atoms with Crippen molar-refractivity contribution in [1.29, 1.82) is 0 Å². The predicted octanol–water partition coefficient (Wildman–Crippen LogP) is 26.3. The number of hydrogen-bond donors (Lipinski definition) is 2. The van der Waals surface area contributed by atoms with E-state index in [0.717, 1.165) is 77.0 Å². The summed E-state index contributed by atoms with van der Waals surface area (Å²) in [6, 6.07) is 0. The van der Waals surface area contributed by atoms with Crippen LogP contribution in [0.25, 0.3) is 0 Å². The Labute approximate surface area is 564 Å². The van der Waals surface area contributed by atoms with Gasteiger partial charge in [-0.2, -0.15) is 0 Å². The number of allylic oxidation sites excluding steroid dienone is 12. The fourth-order valence-electron chi connectivity index (χ4n) is 11.8. The Morgan fingerprint density at radius 1 is 0.341 bits per heavy atom. The summed E-state index contributed by atoms with van der Waals surface area (Å²) >= 11 is 0. The monoisotopic (exact) mass is 1300 g/mol. The number of phosphoric ester groups is 1. The topological polar surface area (TPSA) is 134 Å². The minimum absolute atomic E-state index is 0.0526. The summed E-state index contributed by atoms with van der Waals surface area (Å²) in [5, 5.41) is 0. The van der Waals surface area contributed by atoms with E-state index >= 15 is 0 Å². The Morgan fingerprint density at radius 2 is 0.604 bits per heavy atom. The van der Waals surface area contributed by atoms with E-state index in [0.29, 0.717) is 6.42 Å². The lowest BCUT2D eigenvalue weighted by Gasteiger charge is -2.19. The summed E-state index contributed by atoms with van der Waals surface area (Å²) in [5.74, 6) is -0.813. The van der Waals surface area contributed by atoms with Gasteiger partial charge in [-0.1, -0.05) is 395 Å². The van der Waals surface area contributed by atoms with Crippen LogP contribution in [0, 0.1) is 0 Å². The molecule has 0 saturated carbocycles. The minimum atomic E-state index is -4.40. The van der Waals surface area contributed by atoms with Gasteiger partial charge >= 0.3 is 19.8 Å². The lowest BCUT2D eigenvalue weighted by molar-refractivity contribution is -0.161. The van der Waals surface area contributed by atoms with Gasteiger partial charge in [-0.15, -0.1) is 0 Å². The van der Waals surface area contributed by atoms with Crippen LogP contribution in [0.2, 0.25) is 0 Å². The van der Waals surface area contributed by atoms with Crippen molar-refractivity contribution in [2.75, 3.05) is 26.4 Å². The van der Waals surface area contributed by atoms with Crippen molar-refractivity contribution >= 4 is 19.8 Å². The largest absolute Gasteiger partial charge is 0.472 e. The quantitative estimate of drug-likeness (QED) is 0.0264. The number of rotatable bonds is 75. The van der Waals surface area contributed by atoms with E-state index < -0.39 is 26.5 Å². The van der Waals surface area contributed by atoms with Gasteiger partial charge in [0.05, 0.1) is 13.2 Å². The minimum Gasteiger partial charge on any atom is -0.462 e. The van der Waals surface area contributed by atoms with Crippen LogP contribution in [0.1, 0.15) is 399 Å². The van der Waals surface area contributed by atoms with E-state index in [1.807, 2.05) is 0 Å². The van der Waals surface area contributed by atoms with E-state index in [4.69, 9.17) is 24.3 Å². The average Bonchev–Trinajstić information content (AvgIpc) is 3.71. The van der Waals surface area contributed by atoms with E-state index in [9.17, 15) is 19.0 Å². The maximum atomic E-state index is 12.8. The van der Waals surface area contributed by atoms with Crippen LogP contribution >= 0.6 is 7.82 Å². The molecule has 2 unspecified atom stereocenters. The molecule has 0 saturated heterocycles. The Bertz CT molecular complexity index is 1720. The van der Waals surface area contributed by atoms with Crippen LogP contribution in [0.5, 0.6) is 0 Å². The van der Waals surface area contributed by atoms with Crippen LogP contribution < -0.4 is 5.73 Å². The Balaban J connectivity index is 3.77. The molecule has 0 aliphatic rings. The number of carbonyl (C=O) groups excluding carboxylic acids is 2. The number of hydrogen-bond acceptors (Lipinski definition) is 8. The van der Waals surface area contributed by atoms with E-state index in [1.54, 1.807) is 0 Å². The van der Waals surface area contributed by atoms with E-state index in [2.05, 4.69) is 86.8 Å². The highest BCUT2D eigenvalue weighted by molar-refractivity contribution is 7.47. The molecule has 0 aliphatic heterocycles. The molecular formula is C81H150NO8P. The molecule has 0 amide bonds. The van der Waals surface area contributed by atoms with Crippen molar-refractivity contribution in [3.8, 4) is 0 Å². The van der Waals surface area contributed by atoms with Gasteiger partial charge in [-0.05, 0) is 64.2 Å². The van der Waals surface area contributed by atoms with Crippen LogP contribution in [0.15, 0.2) is 72.9 Å². The summed E-state index contributed by atoms with van der Waals surface area (Å²) in [6.07, 6.45) is 102. The fraction of sp³-hybridized carbons (Fsp3) is 0.827. The second-order valence-corrected chi connectivity index (χ2v) is 28.0. The number of carbonyl (C=O) groups is 2. The van der Waals surface area contributed by atoms with Crippen LogP contribution in [-0.2, 0) is 32.7 Å². The number of unbranched alkanes of at least 4 members (excludes halogenated alkanes) is 50. The first-order valence-corrected chi connectivity index (χ1v) is 40.9. The zero-order valence-corrected chi connectivity index (χ0v) is 61.0. The highest BCUT2D eigenvalue weighted by Gasteiger charge is 2.26. The molecular weight excluding hydrogens is 1150 g/mol. The number of phosphoric acid groups is 1. The lowest BCUT2D eigenvalue weighted by atomic mass is 10.0. The van der Waals surface area contributed by atoms with Crippen LogP contribution in [0.4, 0.5) is 0 Å². The third kappa shape index (κ3) is 76.4. The van der Waals surface area contributed by atoms with Gasteiger partial charge in [-0.25, -0.2) is 4.57 Å². The Hall–Kier alpha value is -2.55. The molecule has 91 heavy (non-hydrogen) atoms. The average molecular weight is 1300 g/mol. The smallest absolute Gasteiger partial charge is 0.462 e. The second-order valence-electron chi connectivity index (χ2n) is 26.6. The maximum Gasteiger partial charge on any atom is 0.472 e. The molecule has 3 N–H and O–H groups in total. The molecule has 0 fully saturated rings. The molecule has 0 rings (SSSR count). The molecule has 532 valence electrons. The molecule has 2 atom stereocenters. The summed E-state index contributed by atoms with van der Waals surface area (Å²) in [4.78, 5) is 35.4. The van der Waals surface area contributed by atoms with Crippen molar-refractivity contribution in [2.24, 2.45) is 5.73 Å². The van der Waals surface area contributed by atoms with Gasteiger partial charge in [0.1, 0.15) is 6.61 Å². The molecule has 9 nitrogen and oxygen atoms in total. The maximum absolute atomic E-state index is 12.8. The van der Waals surface area contributed by atoms with Crippen molar-refractivity contribution in [2.45, 2.75) is 405 Å². The molecule has 0 bridgehead atoms. The fourth-order valence-corrected chi connectivity index (χ4v) is 12.6. The first-order chi connectivity index (χ1) is 44.8. The molecule has 0 spiro atoms. The molecule has 0 aromatic heterocycles. The predicted molar refractivity (Wildman–Crippen MR) is 395 cm³/mol. The third-order valence-electron chi connectivity index (χ3n) is 17.6. The van der Waals surface area contributed by atoms with Gasteiger partial charge in [-0.3, -0.25) is 18.6 Å². The standard InChI is InChI=1S/C81H150NO8P/c1-3-5-7-9-11-13-15-17-19-21-23-25-27-29-31-33-35-36-37-38-39-40-41-42-44-45-47-49-51-53-55-57-59-61-63-65-67-69-71-73-80(83)87-77-79(78-89-91(85,86)88-76-75-82)90-81(84)74-72-70-68-66-64-62-60-58-56-54-52-50-48-46-43-34-32-30-28-26-24-22-20-18-16-14-12-10-8-6-4-2/h6,8,12,14,18,20,24,26,30,32,43,46,79H,3-5,7,9-11,13,15-17,19,21-23,25,27-29,31,33-42,44-45,47-78,82H2,1-2H3,(H,85,86)/b8-6-,14-12-,20-18-,26-24-,32-30-,46-43-. The van der Waals surface area contributed by atoms with Crippen molar-refractivity contribution in [1.82, 2.24) is 0 Å². The van der Waals surface area contributed by atoms with Crippen molar-refractivity contribution in [3.63, 3.8) is 0 Å². The van der Waals surface area contributed by atoms with Gasteiger partial charge in [0.15, 0.2) is 6.10 Å². The molecule has 10 heteroatoms. The summed E-state index contributed by atoms with van der Waals surface area (Å²) in [7, 11) is -4.40. The summed E-state index contributed by atoms with van der Waals surface area (Å²) in [6.45, 7) is 3.69. The van der Waals surface area contributed by atoms with E-state index in [-0.39, 0.29) is 38.6 Å². The zero-order valence-electron chi connectivity index (χ0n) is 60.1. The van der Waals surface area contributed by atoms with Gasteiger partial charge < -0.3 is 20.1 Å². The van der Waals surface area contributed by atoms with Crippen LogP contribution in [-0.4, -0.2) is 49.3 Å². The SMILES string of the molecule is CC/C=C\C/C=C\C/C=C\C/C=C\C/C=C\C/C=C\CCCCCCCCCCCCCCC(=O)OC(COC(=O)CCCCCCCCCCCCCCCCCCCCCCCCCCCCCCCCCCCCCCCCC)COP(=O)(O)OCCN. The van der Waals surface area contributed by atoms with Gasteiger partial charge in [0.2, 0.25) is 0 Å². The number of nitrogens with two attached hydrogens (primary N) is 1. The molecule has 0 aromatic rings. The van der Waals surface area contributed by atoms with Gasteiger partial charge in [0.25, 0.3) is 0 Å². The van der Waals surface area contributed by atoms with Crippen LogP contribution in [0.3, 0.4) is 0 Å². The summed E-state index contributed by atoms with van der Waals surface area (Å²) < 4.78 is 33.3. The van der Waals surface area contributed by atoms with Crippen molar-refractivity contribution in [3.05, 3.63) is 72.9 Å². The number of esters is 2. The normalized spacial score (nSPS) is 13.2. The van der Waals surface area contributed by atoms with E-state index in [1.165, 1.54) is 289 Å². The zero-order chi connectivity index (χ0) is 65.8. The first kappa shape index (κ1) is 88.5. The molecule has 0 aliphatic carbocycles. The molecule has 0 heterocycles. The van der Waals surface area contributed by atoms with Crippen molar-refractivity contribution < 1.29 is 37.6 Å². The molecule has 0 aromatic carbocycles.